The van der Waals surface area contributed by atoms with Crippen LogP contribution in [0.3, 0.4) is 0 Å². The largest absolute Gasteiger partial charge is 0.353 e. The maximum Gasteiger partial charge on any atom is 0.332 e. The average molecular weight is 436 g/mol. The molecule has 0 unspecified atom stereocenters. The summed E-state index contributed by atoms with van der Waals surface area (Å²) in [4.78, 5) is 30.6. The number of anilines is 1. The zero-order valence-electron chi connectivity index (χ0n) is 16.4. The molecule has 0 radical (unpaired) electrons. The van der Waals surface area contributed by atoms with Crippen LogP contribution in [0.1, 0.15) is 37.7 Å². The molecule has 1 aliphatic carbocycles. The molecule has 0 atom stereocenters. The molecule has 1 aromatic carbocycles. The van der Waals surface area contributed by atoms with Crippen molar-refractivity contribution in [2.24, 2.45) is 14.1 Å². The first kappa shape index (κ1) is 20.0. The standard InChI is InChI=1S/C20H23Cl2N5O2/c1-25-16-17(24-19(25)23-13-6-4-3-5-7-13)26(2)20(29)27(18(16)28)11-12-8-9-14(21)15(22)10-12/h8-10,13H,3-7,11H2,1-2H3,(H,23,24). The van der Waals surface area contributed by atoms with E-state index in [1.54, 1.807) is 36.9 Å². The van der Waals surface area contributed by atoms with Gasteiger partial charge in [-0.25, -0.2) is 4.79 Å². The van der Waals surface area contributed by atoms with Gasteiger partial charge < -0.3 is 9.88 Å². The summed E-state index contributed by atoms with van der Waals surface area (Å²) in [6.45, 7) is 0.106. The summed E-state index contributed by atoms with van der Waals surface area (Å²) in [7, 11) is 3.43. The number of benzene rings is 1. The van der Waals surface area contributed by atoms with Crippen molar-refractivity contribution in [1.29, 1.82) is 0 Å². The van der Waals surface area contributed by atoms with E-state index in [-0.39, 0.29) is 12.1 Å². The van der Waals surface area contributed by atoms with Gasteiger partial charge in [-0.1, -0.05) is 48.5 Å². The van der Waals surface area contributed by atoms with E-state index >= 15 is 0 Å². The maximum atomic E-state index is 13.2. The van der Waals surface area contributed by atoms with Gasteiger partial charge in [0.15, 0.2) is 11.2 Å². The Hall–Kier alpha value is -2.25. The van der Waals surface area contributed by atoms with Crippen molar-refractivity contribution < 1.29 is 0 Å². The lowest BCUT2D eigenvalue weighted by Crippen LogP contribution is -2.39. The highest BCUT2D eigenvalue weighted by atomic mass is 35.5. The molecule has 0 saturated heterocycles. The van der Waals surface area contributed by atoms with Crippen molar-refractivity contribution in [2.45, 2.75) is 44.7 Å². The first-order chi connectivity index (χ1) is 13.9. The Balaban J connectivity index is 1.78. The lowest BCUT2D eigenvalue weighted by atomic mass is 9.96. The Bertz CT molecular complexity index is 1190. The summed E-state index contributed by atoms with van der Waals surface area (Å²) < 4.78 is 4.37. The van der Waals surface area contributed by atoms with Crippen LogP contribution < -0.4 is 16.6 Å². The van der Waals surface area contributed by atoms with Crippen LogP contribution in [0, 0.1) is 0 Å². The second-order valence-corrected chi connectivity index (χ2v) is 8.44. The summed E-state index contributed by atoms with van der Waals surface area (Å²) in [6.07, 6.45) is 5.81. The number of nitrogens with one attached hydrogen (secondary N) is 1. The number of halogens is 2. The quantitative estimate of drug-likeness (QED) is 0.679. The monoisotopic (exact) mass is 435 g/mol. The summed E-state index contributed by atoms with van der Waals surface area (Å²) >= 11 is 12.1. The van der Waals surface area contributed by atoms with Gasteiger partial charge in [0.05, 0.1) is 16.6 Å². The van der Waals surface area contributed by atoms with Crippen LogP contribution in [0.15, 0.2) is 27.8 Å². The highest BCUT2D eigenvalue weighted by Crippen LogP contribution is 2.24. The van der Waals surface area contributed by atoms with Crippen LogP contribution in [0.5, 0.6) is 0 Å². The van der Waals surface area contributed by atoms with E-state index < -0.39 is 5.69 Å². The Morgan fingerprint density at radius 3 is 2.48 bits per heavy atom. The molecular formula is C20H23Cl2N5O2. The van der Waals surface area contributed by atoms with Crippen LogP contribution in [-0.2, 0) is 20.6 Å². The van der Waals surface area contributed by atoms with Crippen molar-refractivity contribution in [3.63, 3.8) is 0 Å². The average Bonchev–Trinajstić information content (AvgIpc) is 3.03. The van der Waals surface area contributed by atoms with Crippen molar-refractivity contribution in [3.05, 3.63) is 54.6 Å². The van der Waals surface area contributed by atoms with Crippen LogP contribution in [0.25, 0.3) is 11.2 Å². The van der Waals surface area contributed by atoms with Crippen LogP contribution >= 0.6 is 23.2 Å². The maximum absolute atomic E-state index is 13.2. The van der Waals surface area contributed by atoms with Crippen molar-refractivity contribution in [2.75, 3.05) is 5.32 Å². The Morgan fingerprint density at radius 1 is 1.07 bits per heavy atom. The predicted molar refractivity (Wildman–Crippen MR) is 116 cm³/mol. The highest BCUT2D eigenvalue weighted by molar-refractivity contribution is 6.42. The molecule has 0 spiro atoms. The van der Waals surface area contributed by atoms with E-state index in [9.17, 15) is 9.59 Å². The molecule has 0 bridgehead atoms. The molecule has 29 heavy (non-hydrogen) atoms. The van der Waals surface area contributed by atoms with Crippen molar-refractivity contribution >= 4 is 40.3 Å². The minimum absolute atomic E-state index is 0.106. The normalized spacial score (nSPS) is 15.2. The van der Waals surface area contributed by atoms with E-state index in [1.165, 1.54) is 28.4 Å². The Labute approximate surface area is 177 Å². The van der Waals surface area contributed by atoms with Crippen LogP contribution in [-0.4, -0.2) is 24.7 Å². The molecule has 1 N–H and O–H groups in total. The zero-order valence-corrected chi connectivity index (χ0v) is 17.9. The molecule has 0 amide bonds. The minimum atomic E-state index is -0.420. The molecule has 1 fully saturated rings. The second kappa shape index (κ2) is 7.88. The molecule has 2 aromatic heterocycles. The fourth-order valence-electron chi connectivity index (χ4n) is 3.96. The number of imidazole rings is 1. The summed E-state index contributed by atoms with van der Waals surface area (Å²) in [5.74, 6) is 0.617. The van der Waals surface area contributed by atoms with Gasteiger partial charge in [-0.15, -0.1) is 0 Å². The van der Waals surface area contributed by atoms with Crippen molar-refractivity contribution in [1.82, 2.24) is 18.7 Å². The number of nitrogens with zero attached hydrogens (tertiary/aromatic N) is 4. The Kier molecular flexibility index (Phi) is 5.44. The van der Waals surface area contributed by atoms with Gasteiger partial charge in [-0.2, -0.15) is 4.98 Å². The molecule has 154 valence electrons. The molecular weight excluding hydrogens is 413 g/mol. The number of rotatable bonds is 4. The van der Waals surface area contributed by atoms with Gasteiger partial charge in [0.1, 0.15) is 0 Å². The van der Waals surface area contributed by atoms with Gasteiger partial charge in [-0.05, 0) is 30.5 Å². The first-order valence-corrected chi connectivity index (χ1v) is 10.5. The lowest BCUT2D eigenvalue weighted by molar-refractivity contribution is 0.460. The second-order valence-electron chi connectivity index (χ2n) is 7.63. The number of aromatic nitrogens is 4. The minimum Gasteiger partial charge on any atom is -0.353 e. The van der Waals surface area contributed by atoms with Crippen molar-refractivity contribution in [3.8, 4) is 0 Å². The molecule has 0 aliphatic heterocycles. The van der Waals surface area contributed by atoms with Gasteiger partial charge in [0.25, 0.3) is 5.56 Å². The Morgan fingerprint density at radius 2 is 1.79 bits per heavy atom. The third-order valence-corrected chi connectivity index (χ3v) is 6.36. The van der Waals surface area contributed by atoms with E-state index in [0.717, 1.165) is 18.4 Å². The molecule has 7 nitrogen and oxygen atoms in total. The van der Waals surface area contributed by atoms with Crippen LogP contribution in [0.2, 0.25) is 10.0 Å². The lowest BCUT2D eigenvalue weighted by Gasteiger charge is -2.23. The van der Waals surface area contributed by atoms with Crippen LogP contribution in [0.4, 0.5) is 5.95 Å². The van der Waals surface area contributed by atoms with E-state index in [2.05, 4.69) is 10.3 Å². The van der Waals surface area contributed by atoms with Gasteiger partial charge >= 0.3 is 5.69 Å². The SMILES string of the molecule is Cn1c(NC2CCCCC2)nc2c1c(=O)n(Cc1ccc(Cl)c(Cl)c1)c(=O)n2C. The molecule has 1 aliphatic rings. The molecule has 1 saturated carbocycles. The summed E-state index contributed by atoms with van der Waals surface area (Å²) in [6, 6.07) is 5.42. The van der Waals surface area contributed by atoms with Gasteiger partial charge in [0, 0.05) is 20.1 Å². The van der Waals surface area contributed by atoms with Gasteiger partial charge in [0.2, 0.25) is 5.95 Å². The summed E-state index contributed by atoms with van der Waals surface area (Å²) in [5, 5.41) is 4.26. The fraction of sp³-hybridized carbons (Fsp3) is 0.450. The van der Waals surface area contributed by atoms with E-state index in [4.69, 9.17) is 23.2 Å². The fourth-order valence-corrected chi connectivity index (χ4v) is 4.28. The number of hydrogen-bond donors (Lipinski definition) is 1. The number of hydrogen-bond acceptors (Lipinski definition) is 4. The third-order valence-electron chi connectivity index (χ3n) is 5.62. The van der Waals surface area contributed by atoms with E-state index in [0.29, 0.717) is 33.2 Å². The molecule has 9 heteroatoms. The van der Waals surface area contributed by atoms with Gasteiger partial charge in [-0.3, -0.25) is 13.9 Å². The predicted octanol–water partition coefficient (Wildman–Crippen LogP) is 3.53. The number of fused-ring (bicyclic) bond motifs is 1. The first-order valence-electron chi connectivity index (χ1n) is 9.73. The summed E-state index contributed by atoms with van der Waals surface area (Å²) in [5.41, 5.74) is 0.703. The molecule has 3 aromatic rings. The topological polar surface area (TPSA) is 73.8 Å². The molecule has 2 heterocycles. The number of aryl methyl sites for hydroxylation is 2. The molecule has 4 rings (SSSR count). The highest BCUT2D eigenvalue weighted by Gasteiger charge is 2.21. The third kappa shape index (κ3) is 3.69. The zero-order chi connectivity index (χ0) is 20.7. The smallest absolute Gasteiger partial charge is 0.332 e. The van der Waals surface area contributed by atoms with E-state index in [1.807, 2.05) is 0 Å².